The Morgan fingerprint density at radius 2 is 1.80 bits per heavy atom. The molecule has 0 amide bonds. The van der Waals surface area contributed by atoms with Crippen LogP contribution in [0.25, 0.3) is 0 Å². The molecular weight excluding hydrogens is 342 g/mol. The number of para-hydroxylation sites is 1. The molecule has 0 aliphatic rings. The molecule has 2 rings (SSSR count). The molecule has 0 aliphatic heterocycles. The van der Waals surface area contributed by atoms with Crippen molar-refractivity contribution in [1.82, 2.24) is 0 Å². The average Bonchev–Trinajstić information content (AvgIpc) is 2.61. The van der Waals surface area contributed by atoms with E-state index in [1.54, 1.807) is 44.2 Å². The second-order valence-electron chi connectivity index (χ2n) is 5.32. The van der Waals surface area contributed by atoms with Crippen LogP contribution in [0.4, 0.5) is 5.69 Å². The van der Waals surface area contributed by atoms with Crippen molar-refractivity contribution in [3.05, 3.63) is 59.7 Å². The average molecular weight is 363 g/mol. The molecule has 134 valence electrons. The molecule has 0 aliphatic carbocycles. The lowest BCUT2D eigenvalue weighted by Gasteiger charge is -2.24. The molecule has 2 aromatic rings. The van der Waals surface area contributed by atoms with Gasteiger partial charge < -0.3 is 9.47 Å². The van der Waals surface area contributed by atoms with E-state index in [0.717, 1.165) is 0 Å². The van der Waals surface area contributed by atoms with E-state index in [9.17, 15) is 13.2 Å². The Labute approximate surface area is 148 Å². The number of carbonyl (C=O) groups excluding carboxylic acids is 1. The molecule has 0 saturated heterocycles. The number of sulfonamides is 1. The maximum absolute atomic E-state index is 13.1. The molecule has 0 aromatic heterocycles. The van der Waals surface area contributed by atoms with Gasteiger partial charge in [-0.3, -0.25) is 4.31 Å². The number of aryl methyl sites for hydroxylation is 1. The normalized spacial score (nSPS) is 11.2. The quantitative estimate of drug-likeness (QED) is 0.559. The number of hydrogen-bond acceptors (Lipinski definition) is 5. The van der Waals surface area contributed by atoms with Crippen LogP contribution in [0.2, 0.25) is 0 Å². The molecule has 7 heteroatoms. The van der Waals surface area contributed by atoms with Gasteiger partial charge in [-0.1, -0.05) is 24.3 Å². The lowest BCUT2D eigenvalue weighted by molar-refractivity contribution is -0.0125. The fourth-order valence-corrected chi connectivity index (χ4v) is 4.13. The Balaban J connectivity index is 2.46. The van der Waals surface area contributed by atoms with E-state index in [2.05, 4.69) is 0 Å². The fourth-order valence-electron chi connectivity index (χ4n) is 2.41. The van der Waals surface area contributed by atoms with Crippen molar-refractivity contribution in [1.29, 1.82) is 0 Å². The summed E-state index contributed by atoms with van der Waals surface area (Å²) in [6, 6.07) is 13.3. The summed E-state index contributed by atoms with van der Waals surface area (Å²) in [6.45, 7) is 3.52. The molecular formula is C18H21NO5S. The summed E-state index contributed by atoms with van der Waals surface area (Å²) in [5, 5.41) is 0. The highest BCUT2D eigenvalue weighted by molar-refractivity contribution is 7.92. The molecule has 25 heavy (non-hydrogen) atoms. The molecule has 0 spiro atoms. The van der Waals surface area contributed by atoms with E-state index in [1.807, 2.05) is 6.07 Å². The highest BCUT2D eigenvalue weighted by Gasteiger charge is 2.26. The van der Waals surface area contributed by atoms with Crippen LogP contribution in [-0.4, -0.2) is 34.8 Å². The lowest BCUT2D eigenvalue weighted by Crippen LogP contribution is -2.31. The largest absolute Gasteiger partial charge is 0.435 e. The molecule has 0 fully saturated rings. The van der Waals surface area contributed by atoms with Crippen molar-refractivity contribution in [3.8, 4) is 0 Å². The molecule has 2 aromatic carbocycles. The fraction of sp³-hybridized carbons (Fsp3) is 0.278. The smallest absolute Gasteiger partial charge is 0.340 e. The van der Waals surface area contributed by atoms with E-state index in [1.165, 1.54) is 23.5 Å². The van der Waals surface area contributed by atoms with Gasteiger partial charge in [0.05, 0.1) is 16.1 Å². The van der Waals surface area contributed by atoms with Crippen LogP contribution >= 0.6 is 0 Å². The highest BCUT2D eigenvalue weighted by Crippen LogP contribution is 2.26. The second kappa shape index (κ2) is 8.13. The summed E-state index contributed by atoms with van der Waals surface area (Å²) in [5.41, 5.74) is 1.28. The minimum Gasteiger partial charge on any atom is -0.435 e. The number of benzene rings is 2. The monoisotopic (exact) mass is 363 g/mol. The van der Waals surface area contributed by atoms with E-state index < -0.39 is 16.0 Å². The molecule has 0 saturated carbocycles. The summed E-state index contributed by atoms with van der Waals surface area (Å²) in [5.74, 6) is -0.638. The van der Waals surface area contributed by atoms with Gasteiger partial charge in [0.15, 0.2) is 6.79 Å². The Bertz CT molecular complexity index is 834. The molecule has 0 N–H and O–H groups in total. The summed E-state index contributed by atoms with van der Waals surface area (Å²) in [4.78, 5) is 12.1. The van der Waals surface area contributed by atoms with Crippen LogP contribution in [0.15, 0.2) is 53.4 Å². The van der Waals surface area contributed by atoms with Gasteiger partial charge in [0, 0.05) is 13.7 Å². The van der Waals surface area contributed by atoms with Crippen molar-refractivity contribution < 1.29 is 22.7 Å². The van der Waals surface area contributed by atoms with Crippen LogP contribution in [0.3, 0.4) is 0 Å². The zero-order valence-electron chi connectivity index (χ0n) is 14.4. The Hall–Kier alpha value is -2.38. The van der Waals surface area contributed by atoms with Crippen molar-refractivity contribution >= 4 is 21.7 Å². The number of rotatable bonds is 7. The van der Waals surface area contributed by atoms with Gasteiger partial charge in [0.2, 0.25) is 0 Å². The molecule has 0 atom stereocenters. The zero-order chi connectivity index (χ0) is 18.4. The van der Waals surface area contributed by atoms with Crippen LogP contribution in [0.1, 0.15) is 22.8 Å². The number of carbonyl (C=O) groups is 1. The van der Waals surface area contributed by atoms with Crippen LogP contribution in [0.5, 0.6) is 0 Å². The summed E-state index contributed by atoms with van der Waals surface area (Å²) in [6.07, 6.45) is 0. The maximum atomic E-state index is 13.1. The van der Waals surface area contributed by atoms with Gasteiger partial charge in [-0.15, -0.1) is 0 Å². The third-order valence-electron chi connectivity index (χ3n) is 3.63. The minimum absolute atomic E-state index is 0.0741. The number of methoxy groups -OCH3 is 1. The molecule has 0 bridgehead atoms. The SMILES string of the molecule is CCN(c1ccccc1)S(=O)(=O)c1cc(C(=O)OCOC)ccc1C. The Kier molecular flexibility index (Phi) is 6.17. The minimum atomic E-state index is -3.82. The van der Waals surface area contributed by atoms with Crippen molar-refractivity contribution in [2.45, 2.75) is 18.7 Å². The third-order valence-corrected chi connectivity index (χ3v) is 5.68. The summed E-state index contributed by atoms with van der Waals surface area (Å²) < 4.78 is 37.1. The first-order valence-corrected chi connectivity index (χ1v) is 9.20. The Morgan fingerprint density at radius 1 is 1.12 bits per heavy atom. The third kappa shape index (κ3) is 4.18. The molecule has 0 radical (unpaired) electrons. The predicted octanol–water partition coefficient (Wildman–Crippen LogP) is 2.97. The van der Waals surface area contributed by atoms with Crippen LogP contribution in [-0.2, 0) is 19.5 Å². The van der Waals surface area contributed by atoms with Gasteiger partial charge in [0.1, 0.15) is 0 Å². The first-order chi connectivity index (χ1) is 11.9. The van der Waals surface area contributed by atoms with Gasteiger partial charge in [-0.05, 0) is 43.7 Å². The topological polar surface area (TPSA) is 72.9 Å². The number of esters is 1. The standard InChI is InChI=1S/C18H21NO5S/c1-4-19(16-8-6-5-7-9-16)25(21,22)17-12-15(11-10-14(17)2)18(20)24-13-23-3/h5-12H,4,13H2,1-3H3. The van der Waals surface area contributed by atoms with Crippen molar-refractivity contribution in [2.75, 3.05) is 24.8 Å². The van der Waals surface area contributed by atoms with Crippen LogP contribution in [0, 0.1) is 6.92 Å². The summed E-state index contributed by atoms with van der Waals surface area (Å²) >= 11 is 0. The van der Waals surface area contributed by atoms with Crippen molar-refractivity contribution in [3.63, 3.8) is 0 Å². The van der Waals surface area contributed by atoms with Gasteiger partial charge in [0.25, 0.3) is 10.0 Å². The van der Waals surface area contributed by atoms with Crippen molar-refractivity contribution in [2.24, 2.45) is 0 Å². The number of ether oxygens (including phenoxy) is 2. The number of anilines is 1. The number of nitrogens with zero attached hydrogens (tertiary/aromatic N) is 1. The van der Waals surface area contributed by atoms with E-state index in [0.29, 0.717) is 11.3 Å². The van der Waals surface area contributed by atoms with Gasteiger partial charge >= 0.3 is 5.97 Å². The first-order valence-electron chi connectivity index (χ1n) is 7.76. The molecule has 6 nitrogen and oxygen atoms in total. The lowest BCUT2D eigenvalue weighted by atomic mass is 10.1. The van der Waals surface area contributed by atoms with E-state index in [-0.39, 0.29) is 23.8 Å². The van der Waals surface area contributed by atoms with Gasteiger partial charge in [-0.25, -0.2) is 13.2 Å². The summed E-state index contributed by atoms with van der Waals surface area (Å²) in [7, 11) is -2.42. The highest BCUT2D eigenvalue weighted by atomic mass is 32.2. The van der Waals surface area contributed by atoms with E-state index >= 15 is 0 Å². The maximum Gasteiger partial charge on any atom is 0.340 e. The van der Waals surface area contributed by atoms with E-state index in [4.69, 9.17) is 9.47 Å². The first kappa shape index (κ1) is 19.0. The van der Waals surface area contributed by atoms with Gasteiger partial charge in [-0.2, -0.15) is 0 Å². The Morgan fingerprint density at radius 3 is 2.40 bits per heavy atom. The second-order valence-corrected chi connectivity index (χ2v) is 7.15. The molecule has 0 heterocycles. The predicted molar refractivity (Wildman–Crippen MR) is 95.1 cm³/mol. The number of hydrogen-bond donors (Lipinski definition) is 0. The van der Waals surface area contributed by atoms with Crippen LogP contribution < -0.4 is 4.31 Å². The molecule has 0 unspecified atom stereocenters. The zero-order valence-corrected chi connectivity index (χ0v) is 15.2.